The number of nitrogens with zero attached hydrogens (tertiary/aromatic N) is 1. The third-order valence-corrected chi connectivity index (χ3v) is 5.93. The fraction of sp³-hybridized carbons (Fsp3) is 1.00. The van der Waals surface area contributed by atoms with E-state index in [0.717, 1.165) is 11.8 Å². The standard InChI is InChI=1S/C18H36N2/c1-18(2,3)15-10-11-16(19)17(12-15)20(4)13-14-8-6-5-7-9-14/h14-17H,5-13,19H2,1-4H3. The molecule has 0 amide bonds. The van der Waals surface area contributed by atoms with Gasteiger partial charge in [0.25, 0.3) is 0 Å². The molecule has 2 rings (SSSR count). The van der Waals surface area contributed by atoms with E-state index in [1.54, 1.807) is 0 Å². The molecule has 0 aromatic rings. The summed E-state index contributed by atoms with van der Waals surface area (Å²) < 4.78 is 0. The van der Waals surface area contributed by atoms with Crippen molar-refractivity contribution < 1.29 is 0 Å². The average molecular weight is 280 g/mol. The Bertz CT molecular complexity index is 288. The molecule has 2 aliphatic carbocycles. The van der Waals surface area contributed by atoms with Crippen molar-refractivity contribution in [1.82, 2.24) is 4.90 Å². The van der Waals surface area contributed by atoms with Gasteiger partial charge in [0.1, 0.15) is 0 Å². The van der Waals surface area contributed by atoms with Crippen molar-refractivity contribution in [3.63, 3.8) is 0 Å². The summed E-state index contributed by atoms with van der Waals surface area (Å²) >= 11 is 0. The van der Waals surface area contributed by atoms with Gasteiger partial charge in [-0.05, 0) is 56.4 Å². The van der Waals surface area contributed by atoms with E-state index < -0.39 is 0 Å². The predicted octanol–water partition coefficient (Wildman–Crippen LogP) is 4.04. The third-order valence-electron chi connectivity index (χ3n) is 5.93. The molecule has 0 heterocycles. The van der Waals surface area contributed by atoms with Crippen LogP contribution in [0.25, 0.3) is 0 Å². The summed E-state index contributed by atoms with van der Waals surface area (Å²) in [6.45, 7) is 8.46. The van der Waals surface area contributed by atoms with Crippen LogP contribution in [0.4, 0.5) is 0 Å². The molecule has 0 radical (unpaired) electrons. The van der Waals surface area contributed by atoms with E-state index in [-0.39, 0.29) is 0 Å². The zero-order valence-corrected chi connectivity index (χ0v) is 14.2. The van der Waals surface area contributed by atoms with E-state index in [9.17, 15) is 0 Å². The molecular weight excluding hydrogens is 244 g/mol. The van der Waals surface area contributed by atoms with E-state index in [1.807, 2.05) is 0 Å². The molecule has 0 aromatic heterocycles. The van der Waals surface area contributed by atoms with E-state index in [4.69, 9.17) is 5.73 Å². The van der Waals surface area contributed by atoms with Crippen LogP contribution in [0.15, 0.2) is 0 Å². The van der Waals surface area contributed by atoms with Crippen LogP contribution in [0.1, 0.15) is 72.1 Å². The minimum atomic E-state index is 0.391. The fourth-order valence-corrected chi connectivity index (χ4v) is 4.38. The highest BCUT2D eigenvalue weighted by Gasteiger charge is 2.36. The van der Waals surface area contributed by atoms with Gasteiger partial charge < -0.3 is 10.6 Å². The molecule has 0 bridgehead atoms. The maximum atomic E-state index is 6.45. The van der Waals surface area contributed by atoms with Gasteiger partial charge in [-0.2, -0.15) is 0 Å². The summed E-state index contributed by atoms with van der Waals surface area (Å²) in [5, 5.41) is 0. The molecule has 2 nitrogen and oxygen atoms in total. The van der Waals surface area contributed by atoms with Crippen LogP contribution >= 0.6 is 0 Å². The summed E-state index contributed by atoms with van der Waals surface area (Å²) in [6, 6.07) is 0.997. The molecule has 118 valence electrons. The number of nitrogens with two attached hydrogens (primary N) is 1. The largest absolute Gasteiger partial charge is 0.326 e. The lowest BCUT2D eigenvalue weighted by molar-refractivity contribution is 0.0714. The first-order valence-electron chi connectivity index (χ1n) is 8.83. The molecule has 0 aliphatic heterocycles. The fourth-order valence-electron chi connectivity index (χ4n) is 4.38. The highest BCUT2D eigenvalue weighted by molar-refractivity contribution is 4.92. The minimum absolute atomic E-state index is 0.391. The second-order valence-corrected chi connectivity index (χ2v) is 8.55. The van der Waals surface area contributed by atoms with Gasteiger partial charge in [0, 0.05) is 18.6 Å². The summed E-state index contributed by atoms with van der Waals surface area (Å²) in [5.41, 5.74) is 6.88. The first-order chi connectivity index (χ1) is 9.38. The Morgan fingerprint density at radius 3 is 2.25 bits per heavy atom. The number of hydrogen-bond acceptors (Lipinski definition) is 2. The topological polar surface area (TPSA) is 29.3 Å². The summed E-state index contributed by atoms with van der Waals surface area (Å²) in [4.78, 5) is 2.61. The molecule has 3 unspecified atom stereocenters. The molecule has 2 fully saturated rings. The number of rotatable bonds is 3. The van der Waals surface area contributed by atoms with Crippen LogP contribution in [0.3, 0.4) is 0 Å². The predicted molar refractivity (Wildman–Crippen MR) is 87.8 cm³/mol. The Morgan fingerprint density at radius 1 is 1.00 bits per heavy atom. The van der Waals surface area contributed by atoms with E-state index in [1.165, 1.54) is 57.9 Å². The van der Waals surface area contributed by atoms with Crippen molar-refractivity contribution in [2.45, 2.75) is 84.2 Å². The van der Waals surface area contributed by atoms with Gasteiger partial charge in [0.05, 0.1) is 0 Å². The Kier molecular flexibility index (Phi) is 5.53. The third kappa shape index (κ3) is 4.21. The quantitative estimate of drug-likeness (QED) is 0.845. The second-order valence-electron chi connectivity index (χ2n) is 8.55. The first kappa shape index (κ1) is 16.3. The number of hydrogen-bond donors (Lipinski definition) is 1. The monoisotopic (exact) mass is 280 g/mol. The summed E-state index contributed by atoms with van der Waals surface area (Å²) in [7, 11) is 2.32. The molecule has 2 aliphatic rings. The Morgan fingerprint density at radius 2 is 1.65 bits per heavy atom. The van der Waals surface area contributed by atoms with Crippen LogP contribution in [-0.2, 0) is 0 Å². The molecule has 2 saturated carbocycles. The molecule has 0 aromatic carbocycles. The maximum Gasteiger partial charge on any atom is 0.0247 e. The summed E-state index contributed by atoms with van der Waals surface area (Å²) in [5.74, 6) is 1.76. The molecular formula is C18H36N2. The molecule has 3 atom stereocenters. The molecule has 2 heteroatoms. The highest BCUT2D eigenvalue weighted by Crippen LogP contribution is 2.39. The van der Waals surface area contributed by atoms with Gasteiger partial charge in [-0.1, -0.05) is 40.0 Å². The zero-order chi connectivity index (χ0) is 14.8. The van der Waals surface area contributed by atoms with Gasteiger partial charge in [-0.25, -0.2) is 0 Å². The van der Waals surface area contributed by atoms with Gasteiger partial charge >= 0.3 is 0 Å². The van der Waals surface area contributed by atoms with Crippen molar-refractivity contribution in [2.24, 2.45) is 23.0 Å². The maximum absolute atomic E-state index is 6.45. The molecule has 20 heavy (non-hydrogen) atoms. The summed E-state index contributed by atoms with van der Waals surface area (Å²) in [6.07, 6.45) is 11.0. The smallest absolute Gasteiger partial charge is 0.0247 e. The van der Waals surface area contributed by atoms with Crippen molar-refractivity contribution in [2.75, 3.05) is 13.6 Å². The van der Waals surface area contributed by atoms with Crippen molar-refractivity contribution in [1.29, 1.82) is 0 Å². The van der Waals surface area contributed by atoms with Crippen LogP contribution in [0, 0.1) is 17.3 Å². The van der Waals surface area contributed by atoms with Crippen molar-refractivity contribution in [3.05, 3.63) is 0 Å². The van der Waals surface area contributed by atoms with Crippen LogP contribution in [0.2, 0.25) is 0 Å². The van der Waals surface area contributed by atoms with Crippen LogP contribution in [-0.4, -0.2) is 30.6 Å². The molecule has 0 spiro atoms. The number of likely N-dealkylation sites (N-methyl/N-ethyl adjacent to an activating group) is 1. The van der Waals surface area contributed by atoms with E-state index in [0.29, 0.717) is 17.5 Å². The Labute approximate surface area is 126 Å². The Hall–Kier alpha value is -0.0800. The lowest BCUT2D eigenvalue weighted by Gasteiger charge is -2.45. The normalized spacial score (nSPS) is 33.6. The lowest BCUT2D eigenvalue weighted by Crippen LogP contribution is -2.52. The van der Waals surface area contributed by atoms with E-state index >= 15 is 0 Å². The zero-order valence-electron chi connectivity index (χ0n) is 14.2. The van der Waals surface area contributed by atoms with Crippen molar-refractivity contribution in [3.8, 4) is 0 Å². The highest BCUT2D eigenvalue weighted by atomic mass is 15.1. The van der Waals surface area contributed by atoms with Crippen molar-refractivity contribution >= 4 is 0 Å². The molecule has 2 N–H and O–H groups in total. The Balaban J connectivity index is 1.90. The van der Waals surface area contributed by atoms with Gasteiger partial charge in [0.15, 0.2) is 0 Å². The minimum Gasteiger partial charge on any atom is -0.326 e. The van der Waals surface area contributed by atoms with Crippen LogP contribution < -0.4 is 5.73 Å². The SMILES string of the molecule is CN(CC1CCCCC1)C1CC(C(C)(C)C)CCC1N. The van der Waals surface area contributed by atoms with Gasteiger partial charge in [-0.3, -0.25) is 0 Å². The average Bonchev–Trinajstić information content (AvgIpc) is 2.39. The van der Waals surface area contributed by atoms with Gasteiger partial charge in [0.2, 0.25) is 0 Å². The first-order valence-corrected chi connectivity index (χ1v) is 8.83. The molecule has 0 saturated heterocycles. The lowest BCUT2D eigenvalue weighted by atomic mass is 9.69. The van der Waals surface area contributed by atoms with Gasteiger partial charge in [-0.15, -0.1) is 0 Å². The van der Waals surface area contributed by atoms with E-state index in [2.05, 4.69) is 32.7 Å². The second kappa shape index (κ2) is 6.79. The van der Waals surface area contributed by atoms with Crippen LogP contribution in [0.5, 0.6) is 0 Å².